The second kappa shape index (κ2) is 5.47. The lowest BCUT2D eigenvalue weighted by molar-refractivity contribution is 0.667. The molecule has 0 bridgehead atoms. The second-order valence-corrected chi connectivity index (χ2v) is 3.44. The maximum Gasteiger partial charge on any atom is 0.0303 e. The molecule has 0 aliphatic rings. The van der Waals surface area contributed by atoms with E-state index in [2.05, 4.69) is 37.1 Å². The van der Waals surface area contributed by atoms with Gasteiger partial charge < -0.3 is 5.73 Å². The number of hydrogen-bond donors (Lipinski definition) is 1. The summed E-state index contributed by atoms with van der Waals surface area (Å²) in [6.45, 7) is 2.15. The predicted octanol–water partition coefficient (Wildman–Crippen LogP) is 2.66. The van der Waals surface area contributed by atoms with Crippen LogP contribution in [-0.4, -0.2) is 0 Å². The van der Waals surface area contributed by atoms with Gasteiger partial charge in [-0.15, -0.1) is 12.3 Å². The summed E-state index contributed by atoms with van der Waals surface area (Å²) in [6.07, 6.45) is 7.87. The maximum atomic E-state index is 5.98. The van der Waals surface area contributed by atoms with Gasteiger partial charge in [0.15, 0.2) is 0 Å². The molecule has 1 aromatic rings. The van der Waals surface area contributed by atoms with Gasteiger partial charge in [-0.25, -0.2) is 0 Å². The van der Waals surface area contributed by atoms with Crippen LogP contribution in [0.15, 0.2) is 24.3 Å². The molecule has 0 aliphatic carbocycles. The van der Waals surface area contributed by atoms with E-state index in [0.29, 0.717) is 0 Å². The van der Waals surface area contributed by atoms with Crippen LogP contribution < -0.4 is 5.73 Å². The normalized spacial score (nSPS) is 12.1. The second-order valence-electron chi connectivity index (χ2n) is 3.44. The van der Waals surface area contributed by atoms with Gasteiger partial charge in [0.2, 0.25) is 0 Å². The molecule has 1 atom stereocenters. The lowest BCUT2D eigenvalue weighted by Crippen LogP contribution is -2.09. The van der Waals surface area contributed by atoms with Crippen molar-refractivity contribution in [1.82, 2.24) is 0 Å². The van der Waals surface area contributed by atoms with Crippen molar-refractivity contribution in [1.29, 1.82) is 0 Å². The van der Waals surface area contributed by atoms with E-state index < -0.39 is 0 Å². The third kappa shape index (κ3) is 2.90. The van der Waals surface area contributed by atoms with Crippen molar-refractivity contribution in [2.24, 2.45) is 5.73 Å². The van der Waals surface area contributed by atoms with Crippen molar-refractivity contribution in [2.45, 2.75) is 32.2 Å². The van der Waals surface area contributed by atoms with Crippen LogP contribution in [0, 0.1) is 12.3 Å². The fraction of sp³-hybridized carbons (Fsp3) is 0.385. The average molecular weight is 187 g/mol. The molecule has 0 aromatic heterocycles. The van der Waals surface area contributed by atoms with Crippen molar-refractivity contribution in [3.8, 4) is 12.3 Å². The van der Waals surface area contributed by atoms with Crippen LogP contribution in [0.3, 0.4) is 0 Å². The molecule has 1 nitrogen and oxygen atoms in total. The van der Waals surface area contributed by atoms with Crippen LogP contribution in [-0.2, 0) is 6.42 Å². The highest BCUT2D eigenvalue weighted by Crippen LogP contribution is 2.16. The Morgan fingerprint density at radius 3 is 2.50 bits per heavy atom. The summed E-state index contributed by atoms with van der Waals surface area (Å²) < 4.78 is 0. The highest BCUT2D eigenvalue weighted by atomic mass is 14.6. The van der Waals surface area contributed by atoms with Gasteiger partial charge in [0.1, 0.15) is 0 Å². The van der Waals surface area contributed by atoms with Gasteiger partial charge >= 0.3 is 0 Å². The summed E-state index contributed by atoms with van der Waals surface area (Å²) in [7, 11) is 0. The first-order valence-corrected chi connectivity index (χ1v) is 5.05. The van der Waals surface area contributed by atoms with Crippen molar-refractivity contribution in [2.75, 3.05) is 0 Å². The Labute approximate surface area is 86.3 Å². The Morgan fingerprint density at radius 2 is 2.00 bits per heavy atom. The lowest BCUT2D eigenvalue weighted by atomic mass is 10.0. The van der Waals surface area contributed by atoms with E-state index >= 15 is 0 Å². The largest absolute Gasteiger partial charge is 0.324 e. The molecular weight excluding hydrogens is 170 g/mol. The summed E-state index contributed by atoms with van der Waals surface area (Å²) in [6, 6.07) is 8.54. The lowest BCUT2D eigenvalue weighted by Gasteiger charge is -2.10. The minimum atomic E-state index is 0.0805. The molecule has 14 heavy (non-hydrogen) atoms. The number of terminal acetylenes is 1. The van der Waals surface area contributed by atoms with Gasteiger partial charge in [0.05, 0.1) is 0 Å². The molecule has 0 amide bonds. The van der Waals surface area contributed by atoms with Crippen molar-refractivity contribution in [3.63, 3.8) is 0 Å². The van der Waals surface area contributed by atoms with E-state index in [0.717, 1.165) is 19.3 Å². The molecule has 0 saturated carbocycles. The van der Waals surface area contributed by atoms with E-state index in [1.807, 2.05) is 0 Å². The highest BCUT2D eigenvalue weighted by Gasteiger charge is 2.03. The first-order valence-electron chi connectivity index (χ1n) is 5.05. The van der Waals surface area contributed by atoms with E-state index in [4.69, 9.17) is 12.2 Å². The summed E-state index contributed by atoms with van der Waals surface area (Å²) in [5.41, 5.74) is 8.50. The molecule has 2 N–H and O–H groups in total. The van der Waals surface area contributed by atoms with Gasteiger partial charge in [-0.05, 0) is 24.0 Å². The summed E-state index contributed by atoms with van der Waals surface area (Å²) in [4.78, 5) is 0. The van der Waals surface area contributed by atoms with E-state index in [1.54, 1.807) is 0 Å². The van der Waals surface area contributed by atoms with Crippen LogP contribution in [0.25, 0.3) is 0 Å². The third-order valence-electron chi connectivity index (χ3n) is 2.42. The molecule has 1 aromatic carbocycles. The van der Waals surface area contributed by atoms with Crippen LogP contribution in [0.4, 0.5) is 0 Å². The molecule has 0 spiro atoms. The van der Waals surface area contributed by atoms with Gasteiger partial charge in [-0.1, -0.05) is 31.2 Å². The minimum Gasteiger partial charge on any atom is -0.324 e. The SMILES string of the molecule is C#CCCC(N)c1ccc(CC)cc1. The van der Waals surface area contributed by atoms with Crippen molar-refractivity contribution in [3.05, 3.63) is 35.4 Å². The third-order valence-corrected chi connectivity index (χ3v) is 2.42. The average Bonchev–Trinajstić information content (AvgIpc) is 2.26. The van der Waals surface area contributed by atoms with Crippen LogP contribution >= 0.6 is 0 Å². The summed E-state index contributed by atoms with van der Waals surface area (Å²) >= 11 is 0. The summed E-state index contributed by atoms with van der Waals surface area (Å²) in [5, 5.41) is 0. The van der Waals surface area contributed by atoms with Gasteiger partial charge in [-0.3, -0.25) is 0 Å². The monoisotopic (exact) mass is 187 g/mol. The van der Waals surface area contributed by atoms with Crippen molar-refractivity contribution < 1.29 is 0 Å². The minimum absolute atomic E-state index is 0.0805. The number of nitrogens with two attached hydrogens (primary N) is 1. The van der Waals surface area contributed by atoms with Crippen LogP contribution in [0.2, 0.25) is 0 Å². The Balaban J connectivity index is 2.62. The molecule has 1 rings (SSSR count). The predicted molar refractivity (Wildman–Crippen MR) is 60.8 cm³/mol. The molecule has 0 heterocycles. The quantitative estimate of drug-likeness (QED) is 0.720. The fourth-order valence-corrected chi connectivity index (χ4v) is 1.41. The first-order chi connectivity index (χ1) is 6.77. The zero-order valence-corrected chi connectivity index (χ0v) is 8.66. The van der Waals surface area contributed by atoms with E-state index in [9.17, 15) is 0 Å². The summed E-state index contributed by atoms with van der Waals surface area (Å²) in [5.74, 6) is 2.61. The molecule has 0 fully saturated rings. The molecule has 1 unspecified atom stereocenters. The maximum absolute atomic E-state index is 5.98. The fourth-order valence-electron chi connectivity index (χ4n) is 1.41. The van der Waals surface area contributed by atoms with Crippen LogP contribution in [0.5, 0.6) is 0 Å². The topological polar surface area (TPSA) is 26.0 Å². The molecule has 1 heteroatoms. The number of aryl methyl sites for hydroxylation is 1. The number of benzene rings is 1. The van der Waals surface area contributed by atoms with Gasteiger partial charge in [0, 0.05) is 12.5 Å². The highest BCUT2D eigenvalue weighted by molar-refractivity contribution is 5.24. The van der Waals surface area contributed by atoms with Crippen LogP contribution in [0.1, 0.15) is 36.9 Å². The van der Waals surface area contributed by atoms with E-state index in [1.165, 1.54) is 11.1 Å². The van der Waals surface area contributed by atoms with E-state index in [-0.39, 0.29) is 6.04 Å². The molecule has 74 valence electrons. The zero-order chi connectivity index (χ0) is 10.4. The first kappa shape index (κ1) is 10.8. The Morgan fingerprint density at radius 1 is 1.36 bits per heavy atom. The smallest absolute Gasteiger partial charge is 0.0303 e. The Hall–Kier alpha value is -1.26. The number of hydrogen-bond acceptors (Lipinski definition) is 1. The molecule has 0 saturated heterocycles. The zero-order valence-electron chi connectivity index (χ0n) is 8.66. The standard InChI is InChI=1S/C13H17N/c1-3-5-6-13(14)12-9-7-11(4-2)8-10-12/h1,7-10,13H,4-6,14H2,2H3. The van der Waals surface area contributed by atoms with Gasteiger partial charge in [0.25, 0.3) is 0 Å². The molecule has 0 radical (unpaired) electrons. The number of rotatable bonds is 4. The Bertz CT molecular complexity index is 305. The van der Waals surface area contributed by atoms with Gasteiger partial charge in [-0.2, -0.15) is 0 Å². The Kier molecular flexibility index (Phi) is 4.22. The van der Waals surface area contributed by atoms with Crippen molar-refractivity contribution >= 4 is 0 Å². The molecular formula is C13H17N. The molecule has 0 aliphatic heterocycles.